The zero-order chi connectivity index (χ0) is 20.7. The van der Waals surface area contributed by atoms with Gasteiger partial charge in [0.25, 0.3) is 0 Å². The molecule has 0 unspecified atom stereocenters. The molecule has 0 amide bonds. The third-order valence-electron chi connectivity index (χ3n) is 5.60. The molecule has 0 atom stereocenters. The van der Waals surface area contributed by atoms with Gasteiger partial charge in [-0.25, -0.2) is 0 Å². The van der Waals surface area contributed by atoms with Crippen LogP contribution in [0.1, 0.15) is 45.4 Å². The topological polar surface area (TPSA) is 12.5 Å². The summed E-state index contributed by atoms with van der Waals surface area (Å²) in [6, 6.07) is 16.1. The van der Waals surface area contributed by atoms with E-state index in [2.05, 4.69) is 36.1 Å². The van der Waals surface area contributed by atoms with Gasteiger partial charge in [-0.15, -0.1) is 0 Å². The average Bonchev–Trinajstić information content (AvgIpc) is 2.72. The number of anilines is 1. The van der Waals surface area contributed by atoms with Crippen LogP contribution in [0, 0.1) is 5.92 Å². The lowest BCUT2D eigenvalue weighted by atomic mass is 9.92. The summed E-state index contributed by atoms with van der Waals surface area (Å²) in [4.78, 5) is 2.47. The van der Waals surface area contributed by atoms with Crippen molar-refractivity contribution in [1.29, 1.82) is 0 Å². The van der Waals surface area contributed by atoms with E-state index in [0.29, 0.717) is 5.75 Å². The second-order valence-corrected chi connectivity index (χ2v) is 7.86. The first-order chi connectivity index (χ1) is 13.9. The van der Waals surface area contributed by atoms with Gasteiger partial charge in [-0.3, -0.25) is 0 Å². The van der Waals surface area contributed by atoms with E-state index in [1.165, 1.54) is 31.4 Å². The molecule has 0 saturated carbocycles. The van der Waals surface area contributed by atoms with E-state index in [1.54, 1.807) is 0 Å². The number of rotatable bonds is 8. The van der Waals surface area contributed by atoms with Crippen LogP contribution < -0.4 is 9.64 Å². The molecule has 0 aromatic heterocycles. The first kappa shape index (κ1) is 21.5. The van der Waals surface area contributed by atoms with Crippen molar-refractivity contribution in [1.82, 2.24) is 0 Å². The molecule has 2 aromatic carbocycles. The number of hydrogen-bond acceptors (Lipinski definition) is 2. The highest BCUT2D eigenvalue weighted by atomic mass is 19.4. The maximum absolute atomic E-state index is 12.2. The summed E-state index contributed by atoms with van der Waals surface area (Å²) < 4.78 is 41.9. The van der Waals surface area contributed by atoms with Crippen LogP contribution in [0.4, 0.5) is 18.9 Å². The Bertz CT molecular complexity index is 732. The summed E-state index contributed by atoms with van der Waals surface area (Å²) in [5.74, 6) is 1.48. The normalized spacial score (nSPS) is 15.5. The Balaban J connectivity index is 1.51. The van der Waals surface area contributed by atoms with Crippen molar-refractivity contribution >= 4 is 5.69 Å². The molecule has 0 radical (unpaired) electrons. The van der Waals surface area contributed by atoms with E-state index in [9.17, 15) is 13.2 Å². The van der Waals surface area contributed by atoms with Crippen molar-refractivity contribution in [2.24, 2.45) is 5.92 Å². The van der Waals surface area contributed by atoms with E-state index >= 15 is 0 Å². The lowest BCUT2D eigenvalue weighted by Gasteiger charge is -2.33. The van der Waals surface area contributed by atoms with E-state index in [4.69, 9.17) is 4.74 Å². The largest absolute Gasteiger partial charge is 0.494 e. The van der Waals surface area contributed by atoms with Gasteiger partial charge < -0.3 is 9.64 Å². The van der Waals surface area contributed by atoms with Gasteiger partial charge >= 0.3 is 6.18 Å². The summed E-state index contributed by atoms with van der Waals surface area (Å²) >= 11 is 0. The number of nitrogens with zero attached hydrogens (tertiary/aromatic N) is 1. The summed E-state index contributed by atoms with van der Waals surface area (Å²) in [6.07, 6.45) is 0.215. The summed E-state index contributed by atoms with van der Waals surface area (Å²) in [6.45, 7) is 4.59. The average molecular weight is 406 g/mol. The van der Waals surface area contributed by atoms with E-state index < -0.39 is 12.6 Å². The molecule has 1 saturated heterocycles. The molecule has 2 nitrogen and oxygen atoms in total. The fourth-order valence-corrected chi connectivity index (χ4v) is 3.96. The molecular weight excluding hydrogens is 375 g/mol. The van der Waals surface area contributed by atoms with Gasteiger partial charge in [-0.05, 0) is 60.6 Å². The van der Waals surface area contributed by atoms with Crippen LogP contribution >= 0.6 is 0 Å². The van der Waals surface area contributed by atoms with Crippen LogP contribution in [0.2, 0.25) is 0 Å². The highest BCUT2D eigenvalue weighted by Crippen LogP contribution is 2.29. The maximum atomic E-state index is 12.2. The summed E-state index contributed by atoms with van der Waals surface area (Å²) in [7, 11) is 0. The van der Waals surface area contributed by atoms with Gasteiger partial charge in [-0.1, -0.05) is 44.0 Å². The van der Waals surface area contributed by atoms with Gasteiger partial charge in [-0.2, -0.15) is 13.2 Å². The van der Waals surface area contributed by atoms with Crippen molar-refractivity contribution in [2.75, 3.05) is 24.6 Å². The van der Waals surface area contributed by atoms with Gasteiger partial charge in [0.2, 0.25) is 0 Å². The van der Waals surface area contributed by atoms with Crippen LogP contribution in [-0.4, -0.2) is 25.9 Å². The Morgan fingerprint density at radius 3 is 2.07 bits per heavy atom. The predicted octanol–water partition coefficient (Wildman–Crippen LogP) is 7.09. The quantitative estimate of drug-likeness (QED) is 0.435. The Hall–Kier alpha value is -2.17. The van der Waals surface area contributed by atoms with E-state index in [0.717, 1.165) is 30.1 Å². The van der Waals surface area contributed by atoms with Crippen molar-refractivity contribution in [3.63, 3.8) is 0 Å². The molecular formula is C24H30F3NO. The molecule has 29 heavy (non-hydrogen) atoms. The highest BCUT2D eigenvalue weighted by Gasteiger charge is 2.26. The minimum atomic E-state index is -4.12. The predicted molar refractivity (Wildman–Crippen MR) is 113 cm³/mol. The summed E-state index contributed by atoms with van der Waals surface area (Å²) in [5.41, 5.74) is 3.47. The van der Waals surface area contributed by atoms with Crippen molar-refractivity contribution in [3.05, 3.63) is 48.5 Å². The number of benzene rings is 2. The Labute approximate surface area is 171 Å². The molecule has 1 aliphatic heterocycles. The van der Waals surface area contributed by atoms with Crippen molar-refractivity contribution < 1.29 is 17.9 Å². The molecule has 0 spiro atoms. The zero-order valence-electron chi connectivity index (χ0n) is 17.0. The summed E-state index contributed by atoms with van der Waals surface area (Å²) in [5, 5.41) is 0. The molecule has 3 rings (SSSR count). The Morgan fingerprint density at radius 1 is 0.931 bits per heavy atom. The number of ether oxygens (including phenoxy) is 1. The minimum absolute atomic E-state index is 0.0254. The van der Waals surface area contributed by atoms with Crippen LogP contribution in [0.3, 0.4) is 0 Å². The van der Waals surface area contributed by atoms with E-state index in [1.807, 2.05) is 24.3 Å². The molecule has 1 fully saturated rings. The molecule has 0 aliphatic carbocycles. The molecule has 1 heterocycles. The van der Waals surface area contributed by atoms with Crippen LogP contribution in [0.5, 0.6) is 5.75 Å². The molecule has 0 N–H and O–H groups in total. The first-order valence-corrected chi connectivity index (χ1v) is 10.6. The van der Waals surface area contributed by atoms with E-state index in [-0.39, 0.29) is 13.0 Å². The van der Waals surface area contributed by atoms with Gasteiger partial charge in [0.1, 0.15) is 5.75 Å². The smallest absolute Gasteiger partial charge is 0.389 e. The van der Waals surface area contributed by atoms with Crippen molar-refractivity contribution in [3.8, 4) is 16.9 Å². The monoisotopic (exact) mass is 405 g/mol. The molecule has 2 aromatic rings. The number of hydrogen-bond donors (Lipinski definition) is 0. The minimum Gasteiger partial charge on any atom is -0.494 e. The van der Waals surface area contributed by atoms with Gasteiger partial charge in [0.05, 0.1) is 6.61 Å². The first-order valence-electron chi connectivity index (χ1n) is 10.6. The van der Waals surface area contributed by atoms with Crippen LogP contribution in [0.15, 0.2) is 48.5 Å². The SMILES string of the molecule is CCCC1CCN(c2ccc(-c3ccc(OCCCC(F)(F)F)cc3)cc2)CC1. The maximum Gasteiger partial charge on any atom is 0.389 e. The Morgan fingerprint density at radius 2 is 1.52 bits per heavy atom. The van der Waals surface area contributed by atoms with Crippen molar-refractivity contribution in [2.45, 2.75) is 51.6 Å². The lowest BCUT2D eigenvalue weighted by Crippen LogP contribution is -2.33. The Kier molecular flexibility index (Phi) is 7.45. The highest BCUT2D eigenvalue weighted by molar-refractivity contribution is 5.67. The second-order valence-electron chi connectivity index (χ2n) is 7.86. The standard InChI is InChI=1S/C24H30F3NO/c1-2-4-19-13-16-28(17-14-19)22-9-5-20(6-10-22)21-7-11-23(12-8-21)29-18-3-15-24(25,26)27/h5-12,19H,2-4,13-18H2,1H3. The second kappa shape index (κ2) is 10.0. The zero-order valence-corrected chi connectivity index (χ0v) is 17.0. The number of alkyl halides is 3. The fraction of sp³-hybridized carbons (Fsp3) is 0.500. The number of piperidine rings is 1. The molecule has 0 bridgehead atoms. The molecule has 158 valence electrons. The third kappa shape index (κ3) is 6.69. The third-order valence-corrected chi connectivity index (χ3v) is 5.60. The van der Waals surface area contributed by atoms with Gasteiger partial charge in [0.15, 0.2) is 0 Å². The molecule has 1 aliphatic rings. The number of halogens is 3. The fourth-order valence-electron chi connectivity index (χ4n) is 3.96. The van der Waals surface area contributed by atoms with Crippen LogP contribution in [-0.2, 0) is 0 Å². The molecule has 5 heteroatoms. The van der Waals surface area contributed by atoms with Gasteiger partial charge in [0, 0.05) is 25.2 Å². The lowest BCUT2D eigenvalue weighted by molar-refractivity contribution is -0.136. The van der Waals surface area contributed by atoms with Crippen LogP contribution in [0.25, 0.3) is 11.1 Å².